The molecule has 0 saturated carbocycles. The lowest BCUT2D eigenvalue weighted by atomic mass is 9.93. The molecule has 1 aliphatic heterocycles. The third-order valence-electron chi connectivity index (χ3n) is 4.10. The molecule has 0 radical (unpaired) electrons. The average molecular weight is 362 g/mol. The summed E-state index contributed by atoms with van der Waals surface area (Å²) in [5, 5.41) is 12.1. The number of carbonyl (C=O) groups is 2. The van der Waals surface area contributed by atoms with Gasteiger partial charge in [0.1, 0.15) is 0 Å². The van der Waals surface area contributed by atoms with Gasteiger partial charge in [0.05, 0.1) is 18.6 Å². The number of nitrogens with one attached hydrogen (secondary N) is 3. The molecule has 3 rings (SSSR count). The Morgan fingerprint density at radius 3 is 2.88 bits per heavy atom. The van der Waals surface area contributed by atoms with Crippen molar-refractivity contribution in [2.24, 2.45) is 0 Å². The van der Waals surface area contributed by atoms with Gasteiger partial charge < -0.3 is 10.6 Å². The third kappa shape index (κ3) is 4.24. The number of thiophene rings is 1. The summed E-state index contributed by atoms with van der Waals surface area (Å²) in [5.41, 5.74) is 0.202. The summed E-state index contributed by atoms with van der Waals surface area (Å²) in [6, 6.07) is 3.78. The summed E-state index contributed by atoms with van der Waals surface area (Å²) in [6.07, 6.45) is 0.970. The van der Waals surface area contributed by atoms with Crippen LogP contribution in [0.3, 0.4) is 0 Å². The molecule has 0 aromatic carbocycles. The van der Waals surface area contributed by atoms with E-state index < -0.39 is 5.56 Å². The van der Waals surface area contributed by atoms with Gasteiger partial charge in [-0.1, -0.05) is 0 Å². The second-order valence-electron chi connectivity index (χ2n) is 5.86. The molecular weight excluding hydrogens is 344 g/mol. The molecule has 2 aromatic rings. The molecule has 2 atom stereocenters. The summed E-state index contributed by atoms with van der Waals surface area (Å²) in [6.45, 7) is 0.0863. The predicted octanol–water partition coefficient (Wildman–Crippen LogP) is 0.124. The maximum absolute atomic E-state index is 12.2. The zero-order valence-electron chi connectivity index (χ0n) is 13.4. The monoisotopic (exact) mass is 362 g/mol. The van der Waals surface area contributed by atoms with Crippen LogP contribution in [0.25, 0.3) is 0 Å². The van der Waals surface area contributed by atoms with Gasteiger partial charge >= 0.3 is 0 Å². The highest BCUT2D eigenvalue weighted by atomic mass is 32.1. The molecule has 2 aromatic heterocycles. The summed E-state index contributed by atoms with van der Waals surface area (Å²) in [7, 11) is 0. The molecule has 1 fully saturated rings. The van der Waals surface area contributed by atoms with Gasteiger partial charge in [-0.3, -0.25) is 24.3 Å². The van der Waals surface area contributed by atoms with Gasteiger partial charge in [0.2, 0.25) is 11.8 Å². The Kier molecular flexibility index (Phi) is 5.13. The largest absolute Gasteiger partial charge is 0.351 e. The van der Waals surface area contributed by atoms with Crippen molar-refractivity contribution in [1.82, 2.24) is 20.4 Å². The van der Waals surface area contributed by atoms with Crippen LogP contribution in [0.5, 0.6) is 0 Å². The van der Waals surface area contributed by atoms with Crippen LogP contribution in [-0.4, -0.2) is 27.6 Å². The van der Waals surface area contributed by atoms with Crippen LogP contribution in [-0.2, 0) is 16.1 Å². The Hall–Kier alpha value is -2.68. The van der Waals surface area contributed by atoms with Gasteiger partial charge in [-0.15, -0.1) is 0 Å². The standard InChI is InChI=1S/C16H18N4O4S/c21-12-2-1-11(16(18-12)10-6-8-25-9-10)17-13(22)5-7-20-15(24)4-3-14(23)19-20/h3-4,6,8-9,11,16H,1-2,5,7H2,(H,17,22)(H,18,21)(H,19,23)/t11-,16+/m1/s1. The number of aromatic nitrogens is 2. The van der Waals surface area contributed by atoms with Crippen molar-refractivity contribution in [3.05, 3.63) is 55.2 Å². The molecule has 3 N–H and O–H groups in total. The molecule has 0 bridgehead atoms. The van der Waals surface area contributed by atoms with Crippen LogP contribution in [0.2, 0.25) is 0 Å². The zero-order valence-corrected chi connectivity index (χ0v) is 14.2. The van der Waals surface area contributed by atoms with Gasteiger partial charge in [0.25, 0.3) is 11.1 Å². The van der Waals surface area contributed by atoms with Crippen molar-refractivity contribution in [3.63, 3.8) is 0 Å². The summed E-state index contributed by atoms with van der Waals surface area (Å²) in [4.78, 5) is 46.8. The Balaban J connectivity index is 1.63. The molecule has 2 amide bonds. The number of aromatic amines is 1. The van der Waals surface area contributed by atoms with Crippen molar-refractivity contribution in [3.8, 4) is 0 Å². The quantitative estimate of drug-likeness (QED) is 0.701. The molecule has 0 unspecified atom stereocenters. The maximum Gasteiger partial charge on any atom is 0.265 e. The number of hydrogen-bond donors (Lipinski definition) is 3. The molecule has 1 saturated heterocycles. The van der Waals surface area contributed by atoms with E-state index in [-0.39, 0.29) is 42.4 Å². The zero-order chi connectivity index (χ0) is 17.8. The van der Waals surface area contributed by atoms with E-state index in [2.05, 4.69) is 15.7 Å². The SMILES string of the molecule is O=C(CCn1[nH]c(=O)ccc1=O)N[C@@H]1CCC(=O)N[C@H]1c1ccsc1. The van der Waals surface area contributed by atoms with Crippen LogP contribution in [0.1, 0.15) is 30.9 Å². The smallest absolute Gasteiger partial charge is 0.265 e. The Labute approximate surface area is 146 Å². The number of H-pyrrole nitrogens is 1. The normalized spacial score (nSPS) is 20.1. The highest BCUT2D eigenvalue weighted by Gasteiger charge is 2.31. The minimum Gasteiger partial charge on any atom is -0.351 e. The summed E-state index contributed by atoms with van der Waals surface area (Å²) < 4.78 is 1.11. The summed E-state index contributed by atoms with van der Waals surface area (Å²) in [5.74, 6) is -0.270. The average Bonchev–Trinajstić information content (AvgIpc) is 3.11. The number of hydrogen-bond acceptors (Lipinski definition) is 5. The van der Waals surface area contributed by atoms with Gasteiger partial charge in [0, 0.05) is 25.0 Å². The van der Waals surface area contributed by atoms with E-state index in [0.717, 1.165) is 16.3 Å². The number of rotatable bonds is 5. The van der Waals surface area contributed by atoms with Crippen molar-refractivity contribution in [1.29, 1.82) is 0 Å². The van der Waals surface area contributed by atoms with Gasteiger partial charge in [-0.2, -0.15) is 11.3 Å². The van der Waals surface area contributed by atoms with E-state index >= 15 is 0 Å². The van der Waals surface area contributed by atoms with Crippen LogP contribution in [0.4, 0.5) is 0 Å². The first-order valence-electron chi connectivity index (χ1n) is 7.94. The molecule has 0 spiro atoms. The predicted molar refractivity (Wildman–Crippen MR) is 92.3 cm³/mol. The van der Waals surface area contributed by atoms with Crippen molar-refractivity contribution in [2.45, 2.75) is 37.9 Å². The van der Waals surface area contributed by atoms with Crippen molar-refractivity contribution < 1.29 is 9.59 Å². The molecule has 0 aliphatic carbocycles. The second-order valence-corrected chi connectivity index (χ2v) is 6.64. The fourth-order valence-corrected chi connectivity index (χ4v) is 3.54. The molecule has 132 valence electrons. The van der Waals surface area contributed by atoms with E-state index in [0.29, 0.717) is 12.8 Å². The Morgan fingerprint density at radius 1 is 1.28 bits per heavy atom. The Morgan fingerprint density at radius 2 is 2.12 bits per heavy atom. The van der Waals surface area contributed by atoms with Crippen LogP contribution in [0, 0.1) is 0 Å². The van der Waals surface area contributed by atoms with Crippen molar-refractivity contribution >= 4 is 23.2 Å². The van der Waals surface area contributed by atoms with E-state index in [9.17, 15) is 19.2 Å². The van der Waals surface area contributed by atoms with Crippen LogP contribution in [0.15, 0.2) is 38.5 Å². The fourth-order valence-electron chi connectivity index (χ4n) is 2.84. The number of nitrogens with zero attached hydrogens (tertiary/aromatic N) is 1. The molecule has 25 heavy (non-hydrogen) atoms. The van der Waals surface area contributed by atoms with Gasteiger partial charge in [0.15, 0.2) is 0 Å². The lowest BCUT2D eigenvalue weighted by Gasteiger charge is -2.32. The van der Waals surface area contributed by atoms with Crippen molar-refractivity contribution in [2.75, 3.05) is 0 Å². The second kappa shape index (κ2) is 7.47. The van der Waals surface area contributed by atoms with E-state index in [1.165, 1.54) is 17.4 Å². The lowest BCUT2D eigenvalue weighted by molar-refractivity contribution is -0.127. The molecule has 9 heteroatoms. The fraction of sp³-hybridized carbons (Fsp3) is 0.375. The van der Waals surface area contributed by atoms with Crippen LogP contribution >= 0.6 is 11.3 Å². The van der Waals surface area contributed by atoms with Gasteiger partial charge in [-0.25, -0.2) is 4.68 Å². The maximum atomic E-state index is 12.2. The number of piperidine rings is 1. The highest BCUT2D eigenvalue weighted by molar-refractivity contribution is 7.08. The number of carbonyl (C=O) groups excluding carboxylic acids is 2. The third-order valence-corrected chi connectivity index (χ3v) is 4.80. The molecule has 3 heterocycles. The van der Waals surface area contributed by atoms with E-state index in [1.807, 2.05) is 16.8 Å². The first kappa shape index (κ1) is 17.2. The van der Waals surface area contributed by atoms with Crippen LogP contribution < -0.4 is 21.8 Å². The first-order chi connectivity index (χ1) is 12.0. The Bertz CT molecular complexity index is 871. The van der Waals surface area contributed by atoms with Gasteiger partial charge in [-0.05, 0) is 28.8 Å². The number of amides is 2. The number of aryl methyl sites for hydroxylation is 1. The van der Waals surface area contributed by atoms with E-state index in [4.69, 9.17) is 0 Å². The summed E-state index contributed by atoms with van der Waals surface area (Å²) >= 11 is 1.53. The highest BCUT2D eigenvalue weighted by Crippen LogP contribution is 2.25. The lowest BCUT2D eigenvalue weighted by Crippen LogP contribution is -2.50. The minimum atomic E-state index is -0.396. The topological polar surface area (TPSA) is 113 Å². The van der Waals surface area contributed by atoms with E-state index in [1.54, 1.807) is 0 Å². The molecule has 1 aliphatic rings. The minimum absolute atomic E-state index is 0.0323. The first-order valence-corrected chi connectivity index (χ1v) is 8.88. The molecular formula is C16H18N4O4S. The molecule has 8 nitrogen and oxygen atoms in total.